The summed E-state index contributed by atoms with van der Waals surface area (Å²) < 4.78 is 0. The second-order valence-corrected chi connectivity index (χ2v) is 8.66. The normalized spacial score (nSPS) is 23.7. The van der Waals surface area contributed by atoms with Gasteiger partial charge in [0.15, 0.2) is 0 Å². The molecule has 4 N–H and O–H groups in total. The van der Waals surface area contributed by atoms with E-state index in [0.717, 1.165) is 42.8 Å². The quantitative estimate of drug-likeness (QED) is 0.526. The van der Waals surface area contributed by atoms with Gasteiger partial charge in [0.05, 0.1) is 0 Å². The van der Waals surface area contributed by atoms with Crippen LogP contribution in [0, 0.1) is 0 Å². The first-order valence-electron chi connectivity index (χ1n) is 11.0. The van der Waals surface area contributed by atoms with Crippen LogP contribution in [0.1, 0.15) is 49.3 Å². The molecular formula is C23H30ClN5O2. The Morgan fingerprint density at radius 2 is 2.10 bits per heavy atom. The van der Waals surface area contributed by atoms with Gasteiger partial charge in [-0.05, 0) is 55.4 Å². The number of aromatic nitrogens is 1. The number of rotatable bonds is 7. The number of pyridine rings is 1. The Labute approximate surface area is 188 Å². The van der Waals surface area contributed by atoms with Crippen LogP contribution in [0.5, 0.6) is 0 Å². The molecule has 0 spiro atoms. The van der Waals surface area contributed by atoms with Gasteiger partial charge in [-0.15, -0.1) is 0 Å². The maximum Gasteiger partial charge on any atom is 0.238 e. The van der Waals surface area contributed by atoms with Gasteiger partial charge in [-0.25, -0.2) is 15.8 Å². The van der Waals surface area contributed by atoms with Crippen LogP contribution in [0.15, 0.2) is 42.6 Å². The van der Waals surface area contributed by atoms with Crippen molar-refractivity contribution in [3.63, 3.8) is 0 Å². The highest BCUT2D eigenvalue weighted by molar-refractivity contribution is 6.31. The number of halogens is 1. The number of hydrazine groups is 1. The van der Waals surface area contributed by atoms with E-state index < -0.39 is 0 Å². The number of hydrogen-bond donors (Lipinski definition) is 4. The molecule has 0 aliphatic carbocycles. The van der Waals surface area contributed by atoms with Gasteiger partial charge >= 0.3 is 0 Å². The molecule has 8 heteroatoms. The van der Waals surface area contributed by atoms with Gasteiger partial charge in [-0.1, -0.05) is 35.9 Å². The molecule has 1 aromatic heterocycles. The molecule has 1 aromatic carbocycles. The summed E-state index contributed by atoms with van der Waals surface area (Å²) in [4.78, 5) is 19.5. The molecule has 2 aliphatic rings. The fourth-order valence-corrected chi connectivity index (χ4v) is 4.71. The molecule has 2 saturated heterocycles. The van der Waals surface area contributed by atoms with Gasteiger partial charge in [-0.2, -0.15) is 0 Å². The number of anilines is 1. The fourth-order valence-electron chi connectivity index (χ4n) is 4.44. The lowest BCUT2D eigenvalue weighted by Gasteiger charge is -2.36. The van der Waals surface area contributed by atoms with E-state index in [1.165, 1.54) is 6.42 Å². The minimum Gasteiger partial charge on any atom is -0.396 e. The summed E-state index contributed by atoms with van der Waals surface area (Å²) in [7, 11) is 0. The van der Waals surface area contributed by atoms with Crippen molar-refractivity contribution < 1.29 is 9.90 Å². The van der Waals surface area contributed by atoms with Crippen LogP contribution in [0.4, 0.5) is 5.82 Å². The van der Waals surface area contributed by atoms with E-state index >= 15 is 0 Å². The first kappa shape index (κ1) is 22.0. The third-order valence-electron chi connectivity index (χ3n) is 6.16. The molecule has 0 saturated carbocycles. The molecule has 2 fully saturated rings. The van der Waals surface area contributed by atoms with Crippen LogP contribution in [-0.4, -0.2) is 41.2 Å². The lowest BCUT2D eigenvalue weighted by atomic mass is 9.99. The summed E-state index contributed by atoms with van der Waals surface area (Å²) in [5, 5.41) is 13.0. The first-order valence-corrected chi connectivity index (χ1v) is 11.4. The van der Waals surface area contributed by atoms with E-state index in [9.17, 15) is 9.90 Å². The Bertz CT molecular complexity index is 877. The van der Waals surface area contributed by atoms with Crippen molar-refractivity contribution in [2.24, 2.45) is 0 Å². The van der Waals surface area contributed by atoms with E-state index in [1.807, 2.05) is 42.6 Å². The van der Waals surface area contributed by atoms with Crippen molar-refractivity contribution >= 4 is 23.3 Å². The number of aliphatic hydroxyl groups excluding tert-OH is 1. The number of nitrogens with one attached hydrogen (secondary N) is 3. The van der Waals surface area contributed by atoms with Crippen molar-refractivity contribution in [2.45, 2.75) is 56.8 Å². The number of amides is 1. The molecular weight excluding hydrogens is 414 g/mol. The van der Waals surface area contributed by atoms with Crippen LogP contribution in [0.25, 0.3) is 0 Å². The third kappa shape index (κ3) is 5.36. The highest BCUT2D eigenvalue weighted by Gasteiger charge is 2.31. The summed E-state index contributed by atoms with van der Waals surface area (Å²) in [5.41, 5.74) is 8.19. The minimum absolute atomic E-state index is 0.00168. The minimum atomic E-state index is -0.318. The smallest absolute Gasteiger partial charge is 0.238 e. The van der Waals surface area contributed by atoms with E-state index in [0.29, 0.717) is 24.0 Å². The molecule has 31 heavy (non-hydrogen) atoms. The zero-order chi connectivity index (χ0) is 21.6. The molecule has 3 atom stereocenters. The molecule has 3 unspecified atom stereocenters. The van der Waals surface area contributed by atoms with Gasteiger partial charge in [-0.3, -0.25) is 4.79 Å². The first-order chi connectivity index (χ1) is 15.2. The average molecular weight is 444 g/mol. The molecule has 0 bridgehead atoms. The Balaban J connectivity index is 1.29. The summed E-state index contributed by atoms with van der Waals surface area (Å²) >= 11 is 6.28. The lowest BCUT2D eigenvalue weighted by molar-refractivity contribution is -0.123. The number of aliphatic hydroxyl groups is 1. The highest BCUT2D eigenvalue weighted by atomic mass is 35.5. The van der Waals surface area contributed by atoms with Crippen molar-refractivity contribution in [1.82, 2.24) is 21.2 Å². The Morgan fingerprint density at radius 3 is 2.87 bits per heavy atom. The predicted molar refractivity (Wildman–Crippen MR) is 122 cm³/mol. The largest absolute Gasteiger partial charge is 0.396 e. The molecule has 7 nitrogen and oxygen atoms in total. The summed E-state index contributed by atoms with van der Waals surface area (Å²) in [6, 6.07) is 11.7. The average Bonchev–Trinajstić information content (AvgIpc) is 3.29. The summed E-state index contributed by atoms with van der Waals surface area (Å²) in [5.74, 6) is 0.891. The maximum absolute atomic E-state index is 12.6. The van der Waals surface area contributed by atoms with Crippen LogP contribution < -0.4 is 21.1 Å². The topological polar surface area (TPSA) is 89.5 Å². The third-order valence-corrected chi connectivity index (χ3v) is 6.50. The molecule has 4 rings (SSSR count). The second-order valence-electron chi connectivity index (χ2n) is 8.25. The van der Waals surface area contributed by atoms with Gasteiger partial charge < -0.3 is 15.3 Å². The van der Waals surface area contributed by atoms with Gasteiger partial charge in [0.2, 0.25) is 5.91 Å². The number of benzene rings is 1. The Hall–Kier alpha value is -2.19. The van der Waals surface area contributed by atoms with Crippen LogP contribution in [0.2, 0.25) is 5.02 Å². The van der Waals surface area contributed by atoms with Crippen molar-refractivity contribution in [3.8, 4) is 0 Å². The van der Waals surface area contributed by atoms with Crippen molar-refractivity contribution in [2.75, 3.05) is 18.1 Å². The number of carbonyl (C=O) groups is 1. The van der Waals surface area contributed by atoms with Gasteiger partial charge in [0.1, 0.15) is 11.9 Å². The number of hydrogen-bond acceptors (Lipinski definition) is 6. The van der Waals surface area contributed by atoms with Crippen LogP contribution >= 0.6 is 11.6 Å². The van der Waals surface area contributed by atoms with Gasteiger partial charge in [0, 0.05) is 43.0 Å². The van der Waals surface area contributed by atoms with E-state index in [1.54, 1.807) is 0 Å². The SMILES string of the molecule is O=C(NCc1ccc(N2CCCCC2CCO)nc1)C1CC(c2ccccc2Cl)NN1. The monoisotopic (exact) mass is 443 g/mol. The molecule has 0 radical (unpaired) electrons. The van der Waals surface area contributed by atoms with Crippen molar-refractivity contribution in [3.05, 3.63) is 58.7 Å². The molecule has 3 heterocycles. The zero-order valence-electron chi connectivity index (χ0n) is 17.6. The van der Waals surface area contributed by atoms with Gasteiger partial charge in [0.25, 0.3) is 0 Å². The standard InChI is InChI=1S/C23H30ClN5O2/c24-19-7-2-1-6-18(19)20-13-21(28-27-20)23(31)26-15-16-8-9-22(25-14-16)29-11-4-3-5-17(29)10-12-30/h1-2,6-9,14,17,20-21,27-28,30H,3-5,10-13,15H2,(H,26,31). The fraction of sp³-hybridized carbons (Fsp3) is 0.478. The number of carbonyl (C=O) groups excluding carboxylic acids is 1. The Morgan fingerprint density at radius 1 is 1.23 bits per heavy atom. The van der Waals surface area contributed by atoms with Crippen LogP contribution in [0.3, 0.4) is 0 Å². The van der Waals surface area contributed by atoms with E-state index in [2.05, 4.69) is 26.1 Å². The highest BCUT2D eigenvalue weighted by Crippen LogP contribution is 2.28. The molecule has 166 valence electrons. The maximum atomic E-state index is 12.6. The van der Waals surface area contributed by atoms with Crippen LogP contribution in [-0.2, 0) is 11.3 Å². The van der Waals surface area contributed by atoms with Crippen molar-refractivity contribution in [1.29, 1.82) is 0 Å². The molecule has 2 aromatic rings. The molecule has 1 amide bonds. The summed E-state index contributed by atoms with van der Waals surface area (Å²) in [6.07, 6.45) is 6.68. The lowest BCUT2D eigenvalue weighted by Crippen LogP contribution is -2.43. The molecule has 2 aliphatic heterocycles. The number of piperidine rings is 1. The van der Waals surface area contributed by atoms with E-state index in [4.69, 9.17) is 11.6 Å². The summed E-state index contributed by atoms with van der Waals surface area (Å²) in [6.45, 7) is 1.61. The second kappa shape index (κ2) is 10.4. The number of nitrogens with zero attached hydrogens (tertiary/aromatic N) is 2. The van der Waals surface area contributed by atoms with E-state index in [-0.39, 0.29) is 24.6 Å². The predicted octanol–water partition coefficient (Wildman–Crippen LogP) is 2.70. The zero-order valence-corrected chi connectivity index (χ0v) is 18.3. The Kier molecular flexibility index (Phi) is 7.40.